The van der Waals surface area contributed by atoms with Crippen LogP contribution in [0.1, 0.15) is 33.6 Å². The average molecular weight is 267 g/mol. The number of piperazine rings is 1. The summed E-state index contributed by atoms with van der Waals surface area (Å²) in [4.78, 5) is 27.9. The molecule has 0 aromatic rings. The van der Waals surface area contributed by atoms with E-state index in [1.165, 1.54) is 0 Å². The number of hydrogen-bond donors (Lipinski definition) is 1. The zero-order valence-corrected chi connectivity index (χ0v) is 12.2. The summed E-state index contributed by atoms with van der Waals surface area (Å²) in [6.45, 7) is 10.6. The molecule has 0 saturated carbocycles. The maximum Gasteiger partial charge on any atom is 0.227 e. The minimum Gasteiger partial charge on any atom is -0.355 e. The number of amides is 2. The highest BCUT2D eigenvalue weighted by Crippen LogP contribution is 2.19. The zero-order chi connectivity index (χ0) is 14.0. The van der Waals surface area contributed by atoms with Crippen molar-refractivity contribution in [3.8, 4) is 0 Å². The number of nitrogens with one attached hydrogen (secondary N) is 1. The van der Waals surface area contributed by atoms with Gasteiger partial charge in [-0.1, -0.05) is 0 Å². The van der Waals surface area contributed by atoms with Crippen LogP contribution in [0.2, 0.25) is 0 Å². The van der Waals surface area contributed by atoms with Crippen LogP contribution >= 0.6 is 0 Å². The van der Waals surface area contributed by atoms with E-state index in [-0.39, 0.29) is 23.3 Å². The minimum absolute atomic E-state index is 0.0149. The maximum absolute atomic E-state index is 12.4. The highest BCUT2D eigenvalue weighted by atomic mass is 16.2. The minimum atomic E-state index is -0.0149. The first-order valence-electron chi connectivity index (χ1n) is 7.18. The van der Waals surface area contributed by atoms with Gasteiger partial charge in [-0.05, 0) is 27.2 Å². The fourth-order valence-corrected chi connectivity index (χ4v) is 2.80. The van der Waals surface area contributed by atoms with Crippen LogP contribution in [0.4, 0.5) is 0 Å². The van der Waals surface area contributed by atoms with Gasteiger partial charge >= 0.3 is 0 Å². The SMILES string of the molecule is CC(C)(C)N1CCN(C(=O)C2CCC(=O)NC2)CC1. The Morgan fingerprint density at radius 3 is 2.32 bits per heavy atom. The van der Waals surface area contributed by atoms with Crippen molar-refractivity contribution < 1.29 is 9.59 Å². The summed E-state index contributed by atoms with van der Waals surface area (Å²) in [6.07, 6.45) is 1.18. The van der Waals surface area contributed by atoms with E-state index in [1.54, 1.807) is 0 Å². The molecule has 1 unspecified atom stereocenters. The van der Waals surface area contributed by atoms with Crippen molar-refractivity contribution in [2.75, 3.05) is 32.7 Å². The molecule has 108 valence electrons. The molecule has 1 N–H and O–H groups in total. The van der Waals surface area contributed by atoms with E-state index in [0.717, 1.165) is 26.2 Å². The number of nitrogens with zero attached hydrogens (tertiary/aromatic N) is 2. The van der Waals surface area contributed by atoms with E-state index in [9.17, 15) is 9.59 Å². The van der Waals surface area contributed by atoms with E-state index >= 15 is 0 Å². The Balaban J connectivity index is 1.84. The van der Waals surface area contributed by atoms with Crippen LogP contribution in [-0.4, -0.2) is 59.9 Å². The lowest BCUT2D eigenvalue weighted by atomic mass is 9.97. The van der Waals surface area contributed by atoms with Gasteiger partial charge in [0.1, 0.15) is 0 Å². The molecular weight excluding hydrogens is 242 g/mol. The summed E-state index contributed by atoms with van der Waals surface area (Å²) in [5, 5.41) is 2.79. The number of hydrogen-bond acceptors (Lipinski definition) is 3. The molecule has 0 spiro atoms. The van der Waals surface area contributed by atoms with Crippen molar-refractivity contribution in [1.82, 2.24) is 15.1 Å². The molecule has 2 saturated heterocycles. The average Bonchev–Trinajstić information content (AvgIpc) is 2.38. The summed E-state index contributed by atoms with van der Waals surface area (Å²) in [5.74, 6) is 0.272. The van der Waals surface area contributed by atoms with E-state index in [1.807, 2.05) is 4.90 Å². The number of carbonyl (C=O) groups is 2. The number of carbonyl (C=O) groups excluding carboxylic acids is 2. The van der Waals surface area contributed by atoms with Gasteiger partial charge < -0.3 is 10.2 Å². The molecule has 5 heteroatoms. The Kier molecular flexibility index (Phi) is 4.13. The first-order chi connectivity index (χ1) is 8.88. The summed E-state index contributed by atoms with van der Waals surface area (Å²) >= 11 is 0. The predicted octanol–water partition coefficient (Wildman–Crippen LogP) is 0.455. The van der Waals surface area contributed by atoms with Crippen LogP contribution in [0.3, 0.4) is 0 Å². The molecule has 2 rings (SSSR count). The summed E-state index contributed by atoms with van der Waals surface area (Å²) in [6, 6.07) is 0. The van der Waals surface area contributed by atoms with Crippen LogP contribution in [0.5, 0.6) is 0 Å². The molecule has 0 bridgehead atoms. The highest BCUT2D eigenvalue weighted by molar-refractivity contribution is 5.83. The topological polar surface area (TPSA) is 52.7 Å². The Morgan fingerprint density at radius 2 is 1.84 bits per heavy atom. The summed E-state index contributed by atoms with van der Waals surface area (Å²) < 4.78 is 0. The van der Waals surface area contributed by atoms with Crippen LogP contribution < -0.4 is 5.32 Å². The van der Waals surface area contributed by atoms with Gasteiger partial charge in [0.25, 0.3) is 0 Å². The van der Waals surface area contributed by atoms with Crippen molar-refractivity contribution in [3.05, 3.63) is 0 Å². The van der Waals surface area contributed by atoms with Crippen molar-refractivity contribution in [2.24, 2.45) is 5.92 Å². The second kappa shape index (κ2) is 5.49. The third-order valence-corrected chi connectivity index (χ3v) is 4.15. The lowest BCUT2D eigenvalue weighted by molar-refractivity contribution is -0.139. The molecule has 2 heterocycles. The molecule has 2 fully saturated rings. The first-order valence-corrected chi connectivity index (χ1v) is 7.18. The second-order valence-corrected chi connectivity index (χ2v) is 6.52. The fraction of sp³-hybridized carbons (Fsp3) is 0.857. The fourth-order valence-electron chi connectivity index (χ4n) is 2.80. The normalized spacial score (nSPS) is 26.2. The largest absolute Gasteiger partial charge is 0.355 e. The first kappa shape index (κ1) is 14.3. The van der Waals surface area contributed by atoms with Gasteiger partial charge in [0.05, 0.1) is 5.92 Å². The standard InChI is InChI=1S/C14H25N3O2/c1-14(2,3)17-8-6-16(7-9-17)13(19)11-4-5-12(18)15-10-11/h11H,4-10H2,1-3H3,(H,15,18). The molecule has 0 aromatic carbocycles. The lowest BCUT2D eigenvalue weighted by Gasteiger charge is -2.43. The van der Waals surface area contributed by atoms with Crippen molar-refractivity contribution in [1.29, 1.82) is 0 Å². The molecule has 2 amide bonds. The van der Waals surface area contributed by atoms with Crippen LogP contribution in [0, 0.1) is 5.92 Å². The number of rotatable bonds is 1. The number of piperidine rings is 1. The zero-order valence-electron chi connectivity index (χ0n) is 12.2. The van der Waals surface area contributed by atoms with Gasteiger partial charge in [-0.3, -0.25) is 14.5 Å². The van der Waals surface area contributed by atoms with Gasteiger partial charge in [0, 0.05) is 44.7 Å². The van der Waals surface area contributed by atoms with Gasteiger partial charge in [-0.25, -0.2) is 0 Å². The molecule has 2 aliphatic heterocycles. The van der Waals surface area contributed by atoms with E-state index in [0.29, 0.717) is 19.4 Å². The molecule has 19 heavy (non-hydrogen) atoms. The van der Waals surface area contributed by atoms with Crippen LogP contribution in [0.15, 0.2) is 0 Å². The van der Waals surface area contributed by atoms with E-state index in [4.69, 9.17) is 0 Å². The Bertz CT molecular complexity index is 344. The van der Waals surface area contributed by atoms with Gasteiger partial charge in [-0.2, -0.15) is 0 Å². The third-order valence-electron chi connectivity index (χ3n) is 4.15. The quantitative estimate of drug-likeness (QED) is 0.751. The second-order valence-electron chi connectivity index (χ2n) is 6.52. The highest BCUT2D eigenvalue weighted by Gasteiger charge is 2.32. The van der Waals surface area contributed by atoms with Gasteiger partial charge in [-0.15, -0.1) is 0 Å². The molecule has 0 aliphatic carbocycles. The maximum atomic E-state index is 12.4. The molecule has 0 radical (unpaired) electrons. The Morgan fingerprint density at radius 1 is 1.21 bits per heavy atom. The van der Waals surface area contributed by atoms with Crippen LogP contribution in [0.25, 0.3) is 0 Å². The monoisotopic (exact) mass is 267 g/mol. The lowest BCUT2D eigenvalue weighted by Crippen LogP contribution is -2.56. The van der Waals surface area contributed by atoms with Crippen molar-refractivity contribution in [2.45, 2.75) is 39.2 Å². The van der Waals surface area contributed by atoms with Gasteiger partial charge in [0.2, 0.25) is 11.8 Å². The van der Waals surface area contributed by atoms with E-state index in [2.05, 4.69) is 31.0 Å². The molecular formula is C14H25N3O2. The third kappa shape index (κ3) is 3.47. The predicted molar refractivity (Wildman–Crippen MR) is 73.6 cm³/mol. The smallest absolute Gasteiger partial charge is 0.227 e. The molecule has 1 atom stereocenters. The summed E-state index contributed by atoms with van der Waals surface area (Å²) in [7, 11) is 0. The van der Waals surface area contributed by atoms with Crippen LogP contribution in [-0.2, 0) is 9.59 Å². The Labute approximate surface area is 115 Å². The molecule has 2 aliphatic rings. The van der Waals surface area contributed by atoms with Crippen molar-refractivity contribution in [3.63, 3.8) is 0 Å². The molecule has 5 nitrogen and oxygen atoms in total. The van der Waals surface area contributed by atoms with E-state index < -0.39 is 0 Å². The van der Waals surface area contributed by atoms with Crippen molar-refractivity contribution >= 4 is 11.8 Å². The molecule has 0 aromatic heterocycles. The van der Waals surface area contributed by atoms with Gasteiger partial charge in [0.15, 0.2) is 0 Å². The Hall–Kier alpha value is -1.10. The summed E-state index contributed by atoms with van der Waals surface area (Å²) in [5.41, 5.74) is 0.175.